The standard InChI is InChI=1S/C11H18N2OS/c1-4-6-12-8-11-13-7-10(15-11)9(3)14-5-2/h7,12H,3-6,8H2,1-2H3. The van der Waals surface area contributed by atoms with Gasteiger partial charge in [-0.1, -0.05) is 13.5 Å². The summed E-state index contributed by atoms with van der Waals surface area (Å²) in [6.07, 6.45) is 2.97. The number of hydrogen-bond donors (Lipinski definition) is 1. The van der Waals surface area contributed by atoms with E-state index in [9.17, 15) is 0 Å². The maximum atomic E-state index is 5.32. The fourth-order valence-corrected chi connectivity index (χ4v) is 1.95. The average Bonchev–Trinajstić information content (AvgIpc) is 2.67. The Morgan fingerprint density at radius 3 is 3.07 bits per heavy atom. The van der Waals surface area contributed by atoms with E-state index >= 15 is 0 Å². The molecule has 0 aliphatic carbocycles. The van der Waals surface area contributed by atoms with Crippen molar-refractivity contribution in [1.29, 1.82) is 0 Å². The molecule has 0 saturated heterocycles. The highest BCUT2D eigenvalue weighted by Gasteiger charge is 2.05. The number of nitrogens with one attached hydrogen (secondary N) is 1. The molecule has 0 aliphatic rings. The molecular formula is C11H18N2OS. The highest BCUT2D eigenvalue weighted by Crippen LogP contribution is 2.21. The van der Waals surface area contributed by atoms with Crippen molar-refractivity contribution < 1.29 is 4.74 Å². The van der Waals surface area contributed by atoms with Gasteiger partial charge in [-0.25, -0.2) is 4.98 Å². The average molecular weight is 226 g/mol. The molecule has 3 nitrogen and oxygen atoms in total. The highest BCUT2D eigenvalue weighted by atomic mass is 32.1. The van der Waals surface area contributed by atoms with Crippen LogP contribution >= 0.6 is 11.3 Å². The van der Waals surface area contributed by atoms with Crippen LogP contribution in [0, 0.1) is 0 Å². The fourth-order valence-electron chi connectivity index (χ4n) is 1.14. The smallest absolute Gasteiger partial charge is 0.130 e. The van der Waals surface area contributed by atoms with E-state index < -0.39 is 0 Å². The lowest BCUT2D eigenvalue weighted by Gasteiger charge is -2.02. The Morgan fingerprint density at radius 2 is 2.40 bits per heavy atom. The Hall–Kier alpha value is -0.870. The Kier molecular flexibility index (Phi) is 5.36. The van der Waals surface area contributed by atoms with Gasteiger partial charge in [-0.2, -0.15) is 0 Å². The molecule has 0 spiro atoms. The monoisotopic (exact) mass is 226 g/mol. The second-order valence-electron chi connectivity index (χ2n) is 3.15. The summed E-state index contributed by atoms with van der Waals surface area (Å²) in [6.45, 7) is 10.5. The van der Waals surface area contributed by atoms with E-state index in [1.807, 2.05) is 13.1 Å². The molecule has 1 heterocycles. The van der Waals surface area contributed by atoms with E-state index in [1.54, 1.807) is 11.3 Å². The molecule has 1 rings (SSSR count). The van der Waals surface area contributed by atoms with Crippen LogP contribution < -0.4 is 5.32 Å². The third-order valence-electron chi connectivity index (χ3n) is 1.85. The lowest BCUT2D eigenvalue weighted by molar-refractivity contribution is 0.300. The van der Waals surface area contributed by atoms with Crippen molar-refractivity contribution in [2.75, 3.05) is 13.2 Å². The first-order valence-electron chi connectivity index (χ1n) is 5.25. The largest absolute Gasteiger partial charge is 0.493 e. The summed E-state index contributed by atoms with van der Waals surface area (Å²) in [5, 5.41) is 4.40. The van der Waals surface area contributed by atoms with E-state index in [1.165, 1.54) is 0 Å². The lowest BCUT2D eigenvalue weighted by atomic mass is 10.5. The fraction of sp³-hybridized carbons (Fsp3) is 0.545. The molecule has 0 saturated carbocycles. The molecular weight excluding hydrogens is 208 g/mol. The van der Waals surface area contributed by atoms with E-state index in [0.717, 1.165) is 35.2 Å². The molecule has 1 aromatic rings. The van der Waals surface area contributed by atoms with Gasteiger partial charge in [-0.15, -0.1) is 11.3 Å². The minimum atomic E-state index is 0.653. The maximum Gasteiger partial charge on any atom is 0.130 e. The van der Waals surface area contributed by atoms with Crippen LogP contribution in [0.2, 0.25) is 0 Å². The van der Waals surface area contributed by atoms with Crippen LogP contribution in [0.5, 0.6) is 0 Å². The first-order valence-corrected chi connectivity index (χ1v) is 6.07. The van der Waals surface area contributed by atoms with Crippen molar-refractivity contribution in [2.24, 2.45) is 0 Å². The SMILES string of the molecule is C=C(OCC)c1cnc(CNCCC)s1. The van der Waals surface area contributed by atoms with Crippen molar-refractivity contribution in [3.05, 3.63) is 22.7 Å². The first kappa shape index (κ1) is 12.2. The Morgan fingerprint density at radius 1 is 1.60 bits per heavy atom. The maximum absolute atomic E-state index is 5.32. The van der Waals surface area contributed by atoms with Gasteiger partial charge in [-0.05, 0) is 19.9 Å². The summed E-state index contributed by atoms with van der Waals surface area (Å²) >= 11 is 1.63. The summed E-state index contributed by atoms with van der Waals surface area (Å²) in [5.41, 5.74) is 0. The van der Waals surface area contributed by atoms with Gasteiger partial charge in [0.2, 0.25) is 0 Å². The molecule has 0 aliphatic heterocycles. The van der Waals surface area contributed by atoms with Gasteiger partial charge in [0.15, 0.2) is 0 Å². The predicted octanol–water partition coefficient (Wildman–Crippen LogP) is 2.65. The van der Waals surface area contributed by atoms with Crippen molar-refractivity contribution in [2.45, 2.75) is 26.8 Å². The Bertz CT molecular complexity index is 309. The molecule has 0 atom stereocenters. The van der Waals surface area contributed by atoms with Crippen LogP contribution in [0.25, 0.3) is 5.76 Å². The zero-order valence-electron chi connectivity index (χ0n) is 9.38. The van der Waals surface area contributed by atoms with Crippen LogP contribution in [0.1, 0.15) is 30.2 Å². The lowest BCUT2D eigenvalue weighted by Crippen LogP contribution is -2.13. The second-order valence-corrected chi connectivity index (χ2v) is 4.27. The van der Waals surface area contributed by atoms with Gasteiger partial charge in [0.25, 0.3) is 0 Å². The Balaban J connectivity index is 2.45. The Labute approximate surface area is 95.2 Å². The number of hydrogen-bond acceptors (Lipinski definition) is 4. The van der Waals surface area contributed by atoms with Gasteiger partial charge in [0.05, 0.1) is 11.5 Å². The summed E-state index contributed by atoms with van der Waals surface area (Å²) < 4.78 is 5.32. The van der Waals surface area contributed by atoms with Gasteiger partial charge < -0.3 is 10.1 Å². The normalized spacial score (nSPS) is 10.3. The van der Waals surface area contributed by atoms with Crippen LogP contribution in [-0.2, 0) is 11.3 Å². The van der Waals surface area contributed by atoms with E-state index in [2.05, 4.69) is 23.8 Å². The highest BCUT2D eigenvalue weighted by molar-refractivity contribution is 7.12. The summed E-state index contributed by atoms with van der Waals surface area (Å²) in [7, 11) is 0. The second kappa shape index (κ2) is 6.58. The molecule has 15 heavy (non-hydrogen) atoms. The van der Waals surface area contributed by atoms with Gasteiger partial charge in [-0.3, -0.25) is 0 Å². The zero-order valence-corrected chi connectivity index (χ0v) is 10.2. The molecule has 0 bridgehead atoms. The molecule has 1 N–H and O–H groups in total. The van der Waals surface area contributed by atoms with Crippen molar-refractivity contribution in [3.8, 4) is 0 Å². The predicted molar refractivity (Wildman–Crippen MR) is 64.8 cm³/mol. The van der Waals surface area contributed by atoms with Crippen molar-refractivity contribution >= 4 is 17.1 Å². The third-order valence-corrected chi connectivity index (χ3v) is 2.89. The van der Waals surface area contributed by atoms with Gasteiger partial charge in [0.1, 0.15) is 10.8 Å². The van der Waals surface area contributed by atoms with Gasteiger partial charge >= 0.3 is 0 Å². The number of thiazole rings is 1. The third kappa shape index (κ3) is 4.01. The molecule has 0 amide bonds. The molecule has 0 fully saturated rings. The van der Waals surface area contributed by atoms with Crippen LogP contribution in [0.15, 0.2) is 12.8 Å². The minimum Gasteiger partial charge on any atom is -0.493 e. The quantitative estimate of drug-likeness (QED) is 0.573. The number of aromatic nitrogens is 1. The zero-order chi connectivity index (χ0) is 11.1. The van der Waals surface area contributed by atoms with Crippen LogP contribution in [0.4, 0.5) is 0 Å². The molecule has 0 radical (unpaired) electrons. The summed E-state index contributed by atoms with van der Waals surface area (Å²) in [4.78, 5) is 5.33. The van der Waals surface area contributed by atoms with Crippen molar-refractivity contribution in [1.82, 2.24) is 10.3 Å². The van der Waals surface area contributed by atoms with E-state index in [0.29, 0.717) is 6.61 Å². The van der Waals surface area contributed by atoms with E-state index in [-0.39, 0.29) is 0 Å². The number of ether oxygens (including phenoxy) is 1. The summed E-state index contributed by atoms with van der Waals surface area (Å²) in [5.74, 6) is 0.719. The molecule has 84 valence electrons. The molecule has 0 unspecified atom stereocenters. The van der Waals surface area contributed by atoms with E-state index in [4.69, 9.17) is 4.74 Å². The minimum absolute atomic E-state index is 0.653. The summed E-state index contributed by atoms with van der Waals surface area (Å²) in [6, 6.07) is 0. The molecule has 1 aromatic heterocycles. The number of nitrogens with zero attached hydrogens (tertiary/aromatic N) is 1. The number of rotatable bonds is 7. The van der Waals surface area contributed by atoms with Crippen LogP contribution in [-0.4, -0.2) is 18.1 Å². The topological polar surface area (TPSA) is 34.1 Å². The van der Waals surface area contributed by atoms with Crippen LogP contribution in [0.3, 0.4) is 0 Å². The first-order chi connectivity index (χ1) is 7.27. The van der Waals surface area contributed by atoms with Gasteiger partial charge in [0, 0.05) is 12.7 Å². The molecule has 0 aromatic carbocycles. The van der Waals surface area contributed by atoms with Crippen molar-refractivity contribution in [3.63, 3.8) is 0 Å². The molecule has 4 heteroatoms.